The molecule has 0 aromatic carbocycles. The molecule has 0 bridgehead atoms. The lowest BCUT2D eigenvalue weighted by Crippen LogP contribution is -2.36. The third kappa shape index (κ3) is 3.82. The van der Waals surface area contributed by atoms with Crippen molar-refractivity contribution in [3.8, 4) is 0 Å². The van der Waals surface area contributed by atoms with E-state index in [0.29, 0.717) is 18.9 Å². The molecule has 0 saturated heterocycles. The van der Waals surface area contributed by atoms with Crippen LogP contribution in [0.25, 0.3) is 0 Å². The maximum absolute atomic E-state index is 9.99. The number of hydrazine groups is 1. The van der Waals surface area contributed by atoms with E-state index in [9.17, 15) is 10.1 Å². The maximum Gasteiger partial charge on any atom is 0.251 e. The molecule has 0 unspecified atom stereocenters. The second-order valence-corrected chi connectivity index (χ2v) is 2.92. The second kappa shape index (κ2) is 5.53. The molecule has 3 N–H and O–H groups in total. The van der Waals surface area contributed by atoms with Crippen molar-refractivity contribution in [3.63, 3.8) is 0 Å². The second-order valence-electron chi connectivity index (χ2n) is 2.92. The molecular weight excluding hydrogens is 216 g/mol. The summed E-state index contributed by atoms with van der Waals surface area (Å²) in [5.74, 6) is 0.439. The Labute approximate surface area is 91.0 Å². The Morgan fingerprint density at radius 2 is 2.62 bits per heavy atom. The molecule has 0 fully saturated rings. The average Bonchev–Trinajstić information content (AvgIpc) is 2.68. The molecule has 9 nitrogen and oxygen atoms in total. The average molecular weight is 228 g/mol. The highest BCUT2D eigenvalue weighted by Crippen LogP contribution is 2.06. The van der Waals surface area contributed by atoms with Crippen LogP contribution in [0.4, 0.5) is 5.82 Å². The van der Waals surface area contributed by atoms with Crippen molar-refractivity contribution in [2.24, 2.45) is 10.7 Å². The van der Waals surface area contributed by atoms with Crippen molar-refractivity contribution in [2.75, 3.05) is 25.0 Å². The molecule has 0 aliphatic heterocycles. The highest BCUT2D eigenvalue weighted by atomic mass is 16.7. The van der Waals surface area contributed by atoms with Crippen LogP contribution in [0.2, 0.25) is 0 Å². The van der Waals surface area contributed by atoms with Crippen molar-refractivity contribution in [3.05, 3.63) is 22.4 Å². The molecule has 1 rings (SSSR count). The lowest BCUT2D eigenvalue weighted by atomic mass is 10.5. The van der Waals surface area contributed by atoms with Gasteiger partial charge < -0.3 is 15.2 Å². The van der Waals surface area contributed by atoms with Crippen LogP contribution in [0, 0.1) is 10.1 Å². The quantitative estimate of drug-likeness (QED) is 0.293. The number of nitro groups is 1. The Balaban J connectivity index is 2.32. The standard InChI is InChI=1S/C7H12N6O3/c1-12(6-2-5-16-11-6)4-3-9-7(8)10-13(14)15/h2,5H,3-4H2,1H3,(H3,8,9,10). The zero-order valence-electron chi connectivity index (χ0n) is 8.66. The summed E-state index contributed by atoms with van der Waals surface area (Å²) in [6, 6.07) is 1.70. The number of rotatable bonds is 5. The predicted octanol–water partition coefficient (Wildman–Crippen LogP) is -0.793. The van der Waals surface area contributed by atoms with Crippen molar-refractivity contribution >= 4 is 11.8 Å². The smallest absolute Gasteiger partial charge is 0.251 e. The summed E-state index contributed by atoms with van der Waals surface area (Å²) in [6.45, 7) is 0.836. The predicted molar refractivity (Wildman–Crippen MR) is 56.4 cm³/mol. The topological polar surface area (TPSA) is 123 Å². The Morgan fingerprint density at radius 1 is 1.88 bits per heavy atom. The fourth-order valence-electron chi connectivity index (χ4n) is 0.967. The third-order valence-corrected chi connectivity index (χ3v) is 1.74. The van der Waals surface area contributed by atoms with Crippen molar-refractivity contribution in [2.45, 2.75) is 0 Å². The minimum absolute atomic E-state index is 0.224. The van der Waals surface area contributed by atoms with Gasteiger partial charge in [0.15, 0.2) is 10.9 Å². The van der Waals surface area contributed by atoms with Gasteiger partial charge in [-0.05, 0) is 0 Å². The summed E-state index contributed by atoms with van der Waals surface area (Å²) in [7, 11) is 1.80. The van der Waals surface area contributed by atoms with Crippen LogP contribution in [0.1, 0.15) is 0 Å². The SMILES string of the molecule is CN(CCN=C(N)N[N+](=O)[O-])c1ccon1. The van der Waals surface area contributed by atoms with Crippen LogP contribution in [0.3, 0.4) is 0 Å². The van der Waals surface area contributed by atoms with Gasteiger partial charge in [-0.25, -0.2) is 15.1 Å². The van der Waals surface area contributed by atoms with Gasteiger partial charge in [-0.3, -0.25) is 0 Å². The number of nitrogens with one attached hydrogen (secondary N) is 1. The first-order valence-corrected chi connectivity index (χ1v) is 4.42. The van der Waals surface area contributed by atoms with Crippen LogP contribution in [-0.2, 0) is 0 Å². The molecule has 0 saturated carbocycles. The monoisotopic (exact) mass is 228 g/mol. The molecule has 0 aliphatic rings. The van der Waals surface area contributed by atoms with Crippen LogP contribution in [-0.4, -0.2) is 36.3 Å². The highest BCUT2D eigenvalue weighted by molar-refractivity contribution is 5.76. The molecule has 9 heteroatoms. The number of hydrogen-bond acceptors (Lipinski definition) is 6. The Morgan fingerprint density at radius 3 is 3.19 bits per heavy atom. The number of likely N-dealkylation sites (N-methyl/N-ethyl adjacent to an activating group) is 1. The summed E-state index contributed by atoms with van der Waals surface area (Å²) in [6.07, 6.45) is 1.46. The summed E-state index contributed by atoms with van der Waals surface area (Å²) < 4.78 is 4.66. The van der Waals surface area contributed by atoms with E-state index in [1.807, 2.05) is 0 Å². The number of aromatic nitrogens is 1. The van der Waals surface area contributed by atoms with Gasteiger partial charge >= 0.3 is 0 Å². The number of nitrogens with two attached hydrogens (primary N) is 1. The van der Waals surface area contributed by atoms with Crippen molar-refractivity contribution < 1.29 is 9.56 Å². The summed E-state index contributed by atoms with van der Waals surface area (Å²) in [4.78, 5) is 15.5. The van der Waals surface area contributed by atoms with Gasteiger partial charge in [0, 0.05) is 19.7 Å². The first-order valence-electron chi connectivity index (χ1n) is 4.42. The third-order valence-electron chi connectivity index (χ3n) is 1.74. The van der Waals surface area contributed by atoms with Gasteiger partial charge in [0.2, 0.25) is 0 Å². The number of anilines is 1. The van der Waals surface area contributed by atoms with Gasteiger partial charge in [0.25, 0.3) is 5.96 Å². The minimum atomic E-state index is -0.764. The largest absolute Gasteiger partial charge is 0.365 e. The molecule has 1 heterocycles. The molecule has 0 atom stereocenters. The van der Waals surface area contributed by atoms with E-state index < -0.39 is 5.03 Å². The number of nitrogens with zero attached hydrogens (tertiary/aromatic N) is 4. The molecule has 16 heavy (non-hydrogen) atoms. The van der Waals surface area contributed by atoms with Crippen molar-refractivity contribution in [1.29, 1.82) is 0 Å². The zero-order chi connectivity index (χ0) is 12.0. The van der Waals surface area contributed by atoms with Gasteiger partial charge in [-0.15, -0.1) is 0 Å². The molecule has 88 valence electrons. The summed E-state index contributed by atoms with van der Waals surface area (Å²) >= 11 is 0. The van der Waals surface area contributed by atoms with Crippen molar-refractivity contribution in [1.82, 2.24) is 10.6 Å². The zero-order valence-corrected chi connectivity index (χ0v) is 8.66. The van der Waals surface area contributed by atoms with E-state index in [0.717, 1.165) is 0 Å². The minimum Gasteiger partial charge on any atom is -0.365 e. The molecule has 0 spiro atoms. The van der Waals surface area contributed by atoms with Crippen LogP contribution in [0.15, 0.2) is 21.8 Å². The van der Waals surface area contributed by atoms with Crippen LogP contribution >= 0.6 is 0 Å². The first kappa shape index (κ1) is 11.8. The van der Waals surface area contributed by atoms with Gasteiger partial charge in [0.1, 0.15) is 6.26 Å². The number of hydrogen-bond donors (Lipinski definition) is 2. The normalized spacial score (nSPS) is 11.2. The lowest BCUT2D eigenvalue weighted by Gasteiger charge is -2.13. The Kier molecular flexibility index (Phi) is 4.07. The molecule has 0 radical (unpaired) electrons. The lowest BCUT2D eigenvalue weighted by molar-refractivity contribution is -0.525. The fraction of sp³-hybridized carbons (Fsp3) is 0.429. The van der Waals surface area contributed by atoms with Crippen LogP contribution < -0.4 is 16.1 Å². The van der Waals surface area contributed by atoms with E-state index in [2.05, 4.69) is 14.7 Å². The van der Waals surface area contributed by atoms with Gasteiger partial charge in [-0.1, -0.05) is 10.6 Å². The Bertz CT molecular complexity index is 362. The fourth-order valence-corrected chi connectivity index (χ4v) is 0.967. The Hall–Kier alpha value is -2.32. The maximum atomic E-state index is 9.99. The molecule has 0 amide bonds. The van der Waals surface area contributed by atoms with E-state index in [1.165, 1.54) is 6.26 Å². The highest BCUT2D eigenvalue weighted by Gasteiger charge is 2.03. The van der Waals surface area contributed by atoms with Crippen LogP contribution in [0.5, 0.6) is 0 Å². The number of guanidine groups is 1. The van der Waals surface area contributed by atoms with E-state index in [-0.39, 0.29) is 5.96 Å². The molecule has 1 aromatic heterocycles. The van der Waals surface area contributed by atoms with E-state index in [4.69, 9.17) is 5.73 Å². The summed E-state index contributed by atoms with van der Waals surface area (Å²) in [5.41, 5.74) is 6.97. The van der Waals surface area contributed by atoms with E-state index in [1.54, 1.807) is 23.4 Å². The number of aliphatic imine (C=N–C) groups is 1. The van der Waals surface area contributed by atoms with E-state index >= 15 is 0 Å². The molecule has 0 aliphatic carbocycles. The van der Waals surface area contributed by atoms with Gasteiger partial charge in [0.05, 0.1) is 6.54 Å². The summed E-state index contributed by atoms with van der Waals surface area (Å²) in [5, 5.41) is 12.9. The van der Waals surface area contributed by atoms with Gasteiger partial charge in [-0.2, -0.15) is 0 Å². The first-order chi connectivity index (χ1) is 7.59. The molecular formula is C7H12N6O3. The molecule has 1 aromatic rings.